The quantitative estimate of drug-likeness (QED) is 0.241. The monoisotopic (exact) mass is 758 g/mol. The highest BCUT2D eigenvalue weighted by molar-refractivity contribution is 7.00. The molecule has 0 N–H and O–H groups in total. The third kappa shape index (κ3) is 4.25. The van der Waals surface area contributed by atoms with Crippen molar-refractivity contribution < 1.29 is 18.9 Å². The Morgan fingerprint density at radius 3 is 1.21 bits per heavy atom. The summed E-state index contributed by atoms with van der Waals surface area (Å²) in [6.07, 6.45) is 21.6. The first-order valence-corrected chi connectivity index (χ1v) is 18.5. The van der Waals surface area contributed by atoms with Crippen LogP contribution in [-0.4, -0.2) is 72.0 Å². The van der Waals surface area contributed by atoms with Crippen molar-refractivity contribution in [2.75, 3.05) is 0 Å². The Hall–Kier alpha value is -8.01. The largest absolute Gasteiger partial charge is 0.436 e. The van der Waals surface area contributed by atoms with Crippen molar-refractivity contribution in [2.24, 2.45) is 14.1 Å². The summed E-state index contributed by atoms with van der Waals surface area (Å²) in [6.45, 7) is -0.950. The van der Waals surface area contributed by atoms with Crippen molar-refractivity contribution >= 4 is 46.2 Å². The molecule has 0 unspecified atom stereocenters. The Morgan fingerprint density at radius 2 is 0.845 bits per heavy atom. The Labute approximate surface area is 328 Å². The third-order valence-corrected chi connectivity index (χ3v) is 11.2. The maximum atomic E-state index is 6.89. The summed E-state index contributed by atoms with van der Waals surface area (Å²) in [5, 5.41) is 8.96. The maximum Gasteiger partial charge on any atom is 0.265 e. The van der Waals surface area contributed by atoms with Gasteiger partial charge < -0.3 is 28.1 Å². The summed E-state index contributed by atoms with van der Waals surface area (Å²) in [5.74, 6) is 4.98. The van der Waals surface area contributed by atoms with Gasteiger partial charge in [-0.3, -0.25) is 0 Å². The summed E-state index contributed by atoms with van der Waals surface area (Å²) in [5.41, 5.74) is 7.76. The number of rotatable bonds is 4. The minimum absolute atomic E-state index is 0.412. The van der Waals surface area contributed by atoms with Gasteiger partial charge in [0.2, 0.25) is 23.5 Å². The van der Waals surface area contributed by atoms with Gasteiger partial charge in [-0.05, 0) is 58.2 Å². The van der Waals surface area contributed by atoms with Gasteiger partial charge in [0.15, 0.2) is 23.0 Å². The highest BCUT2D eigenvalue weighted by Gasteiger charge is 2.52. The van der Waals surface area contributed by atoms with E-state index in [1.165, 1.54) is 0 Å². The molecule has 0 atom stereocenters. The molecular formula is C40H24B2N12O4. The first-order valence-electron chi connectivity index (χ1n) is 18.5. The maximum absolute atomic E-state index is 6.89. The van der Waals surface area contributed by atoms with Gasteiger partial charge in [-0.2, -0.15) is 10.2 Å². The van der Waals surface area contributed by atoms with Crippen LogP contribution in [0, 0.1) is 0 Å². The van der Waals surface area contributed by atoms with Gasteiger partial charge in [0, 0.05) is 98.1 Å². The lowest BCUT2D eigenvalue weighted by atomic mass is 9.32. The van der Waals surface area contributed by atoms with E-state index < -0.39 is 13.4 Å². The molecule has 0 fully saturated rings. The number of benzene rings is 1. The van der Waals surface area contributed by atoms with Gasteiger partial charge in [-0.25, -0.2) is 39.3 Å². The zero-order valence-corrected chi connectivity index (χ0v) is 30.5. The molecule has 0 aliphatic carbocycles. The van der Waals surface area contributed by atoms with Crippen molar-refractivity contribution in [1.29, 1.82) is 0 Å². The number of aryl methyl sites for hydroxylation is 2. The molecule has 0 saturated carbocycles. The predicted molar refractivity (Wildman–Crippen MR) is 212 cm³/mol. The molecule has 0 amide bonds. The number of pyridine rings is 4. The van der Waals surface area contributed by atoms with Crippen LogP contribution in [0.15, 0.2) is 111 Å². The summed E-state index contributed by atoms with van der Waals surface area (Å²) < 4.78 is 35.0. The van der Waals surface area contributed by atoms with Gasteiger partial charge in [-0.15, -0.1) is 0 Å². The Morgan fingerprint density at radius 1 is 0.448 bits per heavy atom. The van der Waals surface area contributed by atoms with Crippen LogP contribution in [0.25, 0.3) is 34.2 Å². The van der Waals surface area contributed by atoms with Crippen LogP contribution in [0.2, 0.25) is 0 Å². The van der Waals surface area contributed by atoms with E-state index in [4.69, 9.17) is 38.9 Å². The lowest BCUT2D eigenvalue weighted by Crippen LogP contribution is -2.62. The molecule has 4 aliphatic rings. The van der Waals surface area contributed by atoms with E-state index in [0.717, 1.165) is 56.0 Å². The fraction of sp³-hybridized carbons (Fsp3) is 0.0500. The van der Waals surface area contributed by atoms with Crippen LogP contribution in [0.3, 0.4) is 0 Å². The molecule has 8 aromatic heterocycles. The number of nitrogens with zero attached hydrogens (tertiary/aromatic N) is 12. The van der Waals surface area contributed by atoms with Crippen LogP contribution in [0.1, 0.15) is 0 Å². The SMILES string of the molecule is Cn1ccnc1-c1cnc2c(c1)B1c3cc(-n4cccn4)cnc3Oc3c4c5c(c(c31)O2)Oc1ncc(-c2nccn2C)cc1B5c1cc(-n2cccn2)cnc1O4. The Balaban J connectivity index is 1.08. The average Bonchev–Trinajstić information content (AvgIpc) is 4.11. The van der Waals surface area contributed by atoms with E-state index >= 15 is 0 Å². The van der Waals surface area contributed by atoms with Crippen molar-refractivity contribution in [2.45, 2.75) is 0 Å². The van der Waals surface area contributed by atoms with Gasteiger partial charge in [0.1, 0.15) is 11.6 Å². The van der Waals surface area contributed by atoms with Crippen LogP contribution in [0.4, 0.5) is 0 Å². The molecule has 18 heteroatoms. The molecule has 274 valence electrons. The van der Waals surface area contributed by atoms with Gasteiger partial charge in [0.05, 0.1) is 23.8 Å². The summed E-state index contributed by atoms with van der Waals surface area (Å²) >= 11 is 0. The van der Waals surface area contributed by atoms with Crippen molar-refractivity contribution in [3.05, 3.63) is 111 Å². The fourth-order valence-electron chi connectivity index (χ4n) is 8.62. The molecule has 12 heterocycles. The zero-order chi connectivity index (χ0) is 38.2. The molecule has 58 heavy (non-hydrogen) atoms. The number of ether oxygens (including phenoxy) is 4. The van der Waals surface area contributed by atoms with E-state index in [1.54, 1.807) is 58.9 Å². The van der Waals surface area contributed by atoms with E-state index in [2.05, 4.69) is 32.3 Å². The van der Waals surface area contributed by atoms with E-state index in [9.17, 15) is 0 Å². The third-order valence-electron chi connectivity index (χ3n) is 11.2. The highest BCUT2D eigenvalue weighted by Crippen LogP contribution is 2.48. The zero-order valence-electron chi connectivity index (χ0n) is 30.5. The minimum Gasteiger partial charge on any atom is -0.436 e. The Bertz CT molecular complexity index is 2970. The molecule has 0 spiro atoms. The second-order valence-corrected chi connectivity index (χ2v) is 14.5. The van der Waals surface area contributed by atoms with E-state index in [0.29, 0.717) is 57.4 Å². The normalized spacial score (nSPS) is 13.5. The molecule has 1 aromatic carbocycles. The van der Waals surface area contributed by atoms with Gasteiger partial charge >= 0.3 is 0 Å². The minimum atomic E-state index is -0.475. The van der Waals surface area contributed by atoms with Crippen LogP contribution in [-0.2, 0) is 14.1 Å². The number of aromatic nitrogens is 12. The second kappa shape index (κ2) is 11.3. The van der Waals surface area contributed by atoms with E-state index in [1.807, 2.05) is 72.3 Å². The molecule has 0 bridgehead atoms. The standard InChI is InChI=1S/C40H24B2N12O4/c1-51-11-7-43-35(51)21-13-25-37(45-17-21)55-31-29-33(57-39-27(41(25)29)15-23(19-47-39)53-9-3-5-49-53)34-30-32(31)56-38-26(14-22(18-46-38)36-44-8-12-52(36)2)42(30)28-16-24(20-48-40(28)58-34)54-10-4-6-50-54/h3-20H,1-2H3. The fourth-order valence-corrected chi connectivity index (χ4v) is 8.62. The predicted octanol–water partition coefficient (Wildman–Crippen LogP) is 1.89. The number of imidazole rings is 2. The van der Waals surface area contributed by atoms with E-state index in [-0.39, 0.29) is 0 Å². The molecule has 0 saturated heterocycles. The highest BCUT2D eigenvalue weighted by atomic mass is 16.5. The Kier molecular flexibility index (Phi) is 6.07. The molecule has 16 nitrogen and oxygen atoms in total. The molecule has 9 aromatic rings. The molecule has 0 radical (unpaired) electrons. The molecule has 4 aliphatic heterocycles. The van der Waals surface area contributed by atoms with Crippen LogP contribution < -0.4 is 51.7 Å². The smallest absolute Gasteiger partial charge is 0.265 e. The van der Waals surface area contributed by atoms with Crippen LogP contribution in [0.5, 0.6) is 46.5 Å². The van der Waals surface area contributed by atoms with Crippen molar-refractivity contribution in [3.63, 3.8) is 0 Å². The van der Waals surface area contributed by atoms with Crippen molar-refractivity contribution in [3.8, 4) is 80.7 Å². The first-order chi connectivity index (χ1) is 28.6. The number of hydrogen-bond donors (Lipinski definition) is 0. The van der Waals surface area contributed by atoms with Gasteiger partial charge in [-0.1, -0.05) is 0 Å². The van der Waals surface area contributed by atoms with Crippen LogP contribution >= 0.6 is 0 Å². The lowest BCUT2D eigenvalue weighted by Gasteiger charge is -2.39. The summed E-state index contributed by atoms with van der Waals surface area (Å²) in [6, 6.07) is 11.9. The first kappa shape index (κ1) is 31.2. The van der Waals surface area contributed by atoms with Gasteiger partial charge in [0.25, 0.3) is 13.4 Å². The number of hydrogen-bond acceptors (Lipinski definition) is 12. The number of fused-ring (bicyclic) bond motifs is 10. The topological polar surface area (TPSA) is 160 Å². The molecular weight excluding hydrogens is 734 g/mol. The second-order valence-electron chi connectivity index (χ2n) is 14.5. The summed E-state index contributed by atoms with van der Waals surface area (Å²) in [4.78, 5) is 28.8. The average molecular weight is 758 g/mol. The summed E-state index contributed by atoms with van der Waals surface area (Å²) in [7, 11) is 3.90. The molecule has 13 rings (SSSR count). The van der Waals surface area contributed by atoms with Crippen molar-refractivity contribution in [1.82, 2.24) is 58.6 Å². The lowest BCUT2D eigenvalue weighted by molar-refractivity contribution is 0.381.